The summed E-state index contributed by atoms with van der Waals surface area (Å²) in [6.45, 7) is 0. The number of aromatic nitrogens is 1. The zero-order valence-electron chi connectivity index (χ0n) is 11.2. The molecule has 0 aliphatic carbocycles. The summed E-state index contributed by atoms with van der Waals surface area (Å²) in [5.74, 6) is 0.572. The third-order valence-corrected chi connectivity index (χ3v) is 4.42. The molecule has 6 heteroatoms. The Morgan fingerprint density at radius 1 is 1.32 bits per heavy atom. The van der Waals surface area contributed by atoms with Crippen molar-refractivity contribution in [2.24, 2.45) is 0 Å². The van der Waals surface area contributed by atoms with Gasteiger partial charge in [-0.05, 0) is 30.3 Å². The maximum atomic E-state index is 12.1. The smallest absolute Gasteiger partial charge is 0.256 e. The first-order valence-corrected chi connectivity index (χ1v) is 7.79. The van der Waals surface area contributed by atoms with Gasteiger partial charge in [-0.2, -0.15) is 0 Å². The molecule has 1 aliphatic heterocycles. The van der Waals surface area contributed by atoms with Crippen LogP contribution in [0.3, 0.4) is 0 Å². The number of carbonyl (C=O) groups is 1. The molecular weight excluding hydrogens is 320 g/mol. The predicted octanol–water partition coefficient (Wildman–Crippen LogP) is 4.55. The van der Waals surface area contributed by atoms with E-state index in [9.17, 15) is 4.79 Å². The lowest BCUT2D eigenvalue weighted by Crippen LogP contribution is -2.03. The molecule has 0 unspecified atom stereocenters. The summed E-state index contributed by atoms with van der Waals surface area (Å²) in [5, 5.41) is 6.08. The van der Waals surface area contributed by atoms with Gasteiger partial charge in [0.15, 0.2) is 10.8 Å². The van der Waals surface area contributed by atoms with E-state index in [1.807, 2.05) is 23.6 Å². The second kappa shape index (κ2) is 5.12. The Morgan fingerprint density at radius 2 is 2.23 bits per heavy atom. The van der Waals surface area contributed by atoms with Gasteiger partial charge in [-0.25, -0.2) is 4.98 Å². The summed E-state index contributed by atoms with van der Waals surface area (Å²) in [6, 6.07) is 9.02. The number of hydrogen-bond acceptors (Lipinski definition) is 4. The Labute approximate surface area is 135 Å². The van der Waals surface area contributed by atoms with Crippen LogP contribution in [0.5, 0.6) is 0 Å². The zero-order valence-corrected chi connectivity index (χ0v) is 12.7. The third kappa shape index (κ3) is 2.24. The Bertz CT molecular complexity index is 897. The normalized spacial score (nSPS) is 15.1. The number of nitrogens with one attached hydrogen (secondary N) is 1. The van der Waals surface area contributed by atoms with Crippen LogP contribution in [0.25, 0.3) is 22.4 Å². The molecular formula is C16H9ClN2O2S. The Kier molecular flexibility index (Phi) is 3.10. The summed E-state index contributed by atoms with van der Waals surface area (Å²) >= 11 is 7.42. The molecule has 0 atom stereocenters. The number of carbonyl (C=O) groups excluding carboxylic acids is 1. The number of anilines is 1. The van der Waals surface area contributed by atoms with Gasteiger partial charge in [0.25, 0.3) is 5.91 Å². The highest BCUT2D eigenvalue weighted by Gasteiger charge is 2.24. The number of nitrogens with zero attached hydrogens (tertiary/aromatic N) is 1. The van der Waals surface area contributed by atoms with Gasteiger partial charge in [-0.1, -0.05) is 17.7 Å². The van der Waals surface area contributed by atoms with Crippen LogP contribution in [0.1, 0.15) is 11.3 Å². The van der Waals surface area contributed by atoms with Crippen molar-refractivity contribution in [3.8, 4) is 10.8 Å². The average molecular weight is 329 g/mol. The minimum atomic E-state index is -0.148. The molecule has 1 aliphatic rings. The van der Waals surface area contributed by atoms with Gasteiger partial charge in [0, 0.05) is 16.0 Å². The van der Waals surface area contributed by atoms with Crippen LogP contribution < -0.4 is 5.32 Å². The fourth-order valence-corrected chi connectivity index (χ4v) is 3.24. The van der Waals surface area contributed by atoms with Gasteiger partial charge < -0.3 is 9.73 Å². The van der Waals surface area contributed by atoms with Crippen LogP contribution >= 0.6 is 22.9 Å². The van der Waals surface area contributed by atoms with Gasteiger partial charge in [0.2, 0.25) is 0 Å². The van der Waals surface area contributed by atoms with E-state index in [2.05, 4.69) is 10.3 Å². The monoisotopic (exact) mass is 328 g/mol. The quantitative estimate of drug-likeness (QED) is 0.702. The molecule has 2 aromatic heterocycles. The highest BCUT2D eigenvalue weighted by atomic mass is 35.5. The zero-order chi connectivity index (χ0) is 15.1. The maximum Gasteiger partial charge on any atom is 0.256 e. The first-order valence-electron chi connectivity index (χ1n) is 6.53. The van der Waals surface area contributed by atoms with E-state index in [0.717, 1.165) is 27.7 Å². The van der Waals surface area contributed by atoms with Crippen LogP contribution in [0.2, 0.25) is 5.02 Å². The van der Waals surface area contributed by atoms with Gasteiger partial charge in [0.1, 0.15) is 0 Å². The molecule has 0 fully saturated rings. The largest absolute Gasteiger partial charge is 0.462 e. The molecule has 22 heavy (non-hydrogen) atoms. The predicted molar refractivity (Wildman–Crippen MR) is 87.8 cm³/mol. The average Bonchev–Trinajstić information content (AvgIpc) is 3.20. The summed E-state index contributed by atoms with van der Waals surface area (Å²) < 4.78 is 5.33. The first kappa shape index (κ1) is 13.3. The highest BCUT2D eigenvalue weighted by molar-refractivity contribution is 7.13. The van der Waals surface area contributed by atoms with Crippen molar-refractivity contribution in [1.82, 2.24) is 4.98 Å². The lowest BCUT2D eigenvalue weighted by Gasteiger charge is -1.97. The molecule has 4 nitrogen and oxygen atoms in total. The number of furan rings is 1. The lowest BCUT2D eigenvalue weighted by atomic mass is 10.1. The van der Waals surface area contributed by atoms with Crippen LogP contribution in [-0.2, 0) is 4.79 Å². The minimum Gasteiger partial charge on any atom is -0.462 e. The van der Waals surface area contributed by atoms with Crippen molar-refractivity contribution in [1.29, 1.82) is 0 Å². The van der Waals surface area contributed by atoms with Gasteiger partial charge >= 0.3 is 0 Å². The molecule has 1 aromatic carbocycles. The number of thiazole rings is 1. The molecule has 0 bridgehead atoms. The molecule has 0 saturated carbocycles. The van der Waals surface area contributed by atoms with E-state index in [1.165, 1.54) is 11.3 Å². The fourth-order valence-electron chi connectivity index (χ4n) is 2.32. The van der Waals surface area contributed by atoms with Crippen molar-refractivity contribution in [3.05, 3.63) is 58.3 Å². The van der Waals surface area contributed by atoms with Crippen molar-refractivity contribution in [2.75, 3.05) is 5.32 Å². The summed E-state index contributed by atoms with van der Waals surface area (Å²) in [6.07, 6.45) is 3.39. The van der Waals surface area contributed by atoms with Gasteiger partial charge in [-0.15, -0.1) is 11.3 Å². The van der Waals surface area contributed by atoms with Gasteiger partial charge in [0.05, 0.1) is 23.2 Å². The number of fused-ring (bicyclic) bond motifs is 1. The Balaban J connectivity index is 1.73. The molecule has 1 amide bonds. The fraction of sp³-hybridized carbons (Fsp3) is 0. The van der Waals surface area contributed by atoms with E-state index in [0.29, 0.717) is 10.6 Å². The molecule has 0 radical (unpaired) electrons. The second-order valence-corrected chi connectivity index (χ2v) is 6.05. The molecule has 4 rings (SSSR count). The van der Waals surface area contributed by atoms with Crippen molar-refractivity contribution in [2.45, 2.75) is 0 Å². The second-order valence-electron chi connectivity index (χ2n) is 4.76. The van der Waals surface area contributed by atoms with E-state index < -0.39 is 0 Å². The lowest BCUT2D eigenvalue weighted by molar-refractivity contribution is -0.110. The maximum absolute atomic E-state index is 12.1. The van der Waals surface area contributed by atoms with Crippen LogP contribution in [0.15, 0.2) is 46.4 Å². The SMILES string of the molecule is O=C1Nc2cc(Cl)ccc2C1=Cc1csc(-c2ccco2)n1. The van der Waals surface area contributed by atoms with E-state index in [-0.39, 0.29) is 5.91 Å². The third-order valence-electron chi connectivity index (χ3n) is 3.31. The minimum absolute atomic E-state index is 0.148. The highest BCUT2D eigenvalue weighted by Crippen LogP contribution is 2.35. The van der Waals surface area contributed by atoms with Gasteiger partial charge in [-0.3, -0.25) is 4.79 Å². The molecule has 1 N–H and O–H groups in total. The van der Waals surface area contributed by atoms with Crippen molar-refractivity contribution < 1.29 is 9.21 Å². The molecule has 3 aromatic rings. The number of halogens is 1. The van der Waals surface area contributed by atoms with E-state index in [4.69, 9.17) is 16.0 Å². The first-order chi connectivity index (χ1) is 10.7. The van der Waals surface area contributed by atoms with Crippen LogP contribution in [0.4, 0.5) is 5.69 Å². The molecule has 3 heterocycles. The standard InChI is InChI=1S/C16H9ClN2O2S/c17-9-3-4-11-12(15(20)19-13(11)6-9)7-10-8-22-16(18-10)14-2-1-5-21-14/h1-8H,(H,19,20). The number of benzene rings is 1. The number of hydrogen-bond donors (Lipinski definition) is 1. The molecule has 0 spiro atoms. The summed E-state index contributed by atoms with van der Waals surface area (Å²) in [7, 11) is 0. The summed E-state index contributed by atoms with van der Waals surface area (Å²) in [5.41, 5.74) is 2.87. The van der Waals surface area contributed by atoms with Crippen LogP contribution in [0, 0.1) is 0 Å². The number of rotatable bonds is 2. The van der Waals surface area contributed by atoms with Crippen LogP contribution in [-0.4, -0.2) is 10.9 Å². The van der Waals surface area contributed by atoms with E-state index >= 15 is 0 Å². The Morgan fingerprint density at radius 3 is 3.05 bits per heavy atom. The topological polar surface area (TPSA) is 55.1 Å². The number of amides is 1. The molecule has 108 valence electrons. The van der Waals surface area contributed by atoms with Crippen molar-refractivity contribution >= 4 is 46.2 Å². The van der Waals surface area contributed by atoms with E-state index in [1.54, 1.807) is 24.5 Å². The van der Waals surface area contributed by atoms with Crippen molar-refractivity contribution in [3.63, 3.8) is 0 Å². The molecule has 0 saturated heterocycles. The summed E-state index contributed by atoms with van der Waals surface area (Å²) in [4.78, 5) is 16.6. The Hall–Kier alpha value is -2.37.